The molecule has 0 spiro atoms. The molecule has 1 aliphatic heterocycles. The van der Waals surface area contributed by atoms with Crippen molar-refractivity contribution in [3.05, 3.63) is 64.8 Å². The normalized spacial score (nSPS) is 15.7. The molecule has 3 aromatic rings. The summed E-state index contributed by atoms with van der Waals surface area (Å²) in [5, 5.41) is 15.1. The van der Waals surface area contributed by atoms with Crippen molar-refractivity contribution >= 4 is 45.5 Å². The van der Waals surface area contributed by atoms with Crippen molar-refractivity contribution in [1.29, 1.82) is 0 Å². The molecule has 0 saturated heterocycles. The van der Waals surface area contributed by atoms with Crippen molar-refractivity contribution in [2.75, 3.05) is 28.7 Å². The van der Waals surface area contributed by atoms with Crippen LogP contribution in [-0.4, -0.2) is 41.4 Å². The second-order valence-corrected chi connectivity index (χ2v) is 7.50. The molecule has 0 aliphatic carbocycles. The highest BCUT2D eigenvalue weighted by Gasteiger charge is 2.31. The summed E-state index contributed by atoms with van der Waals surface area (Å²) in [7, 11) is 1.64. The lowest BCUT2D eigenvalue weighted by Gasteiger charge is -2.30. The van der Waals surface area contributed by atoms with Crippen molar-refractivity contribution in [2.24, 2.45) is 0 Å². The van der Waals surface area contributed by atoms with Gasteiger partial charge in [-0.3, -0.25) is 24.7 Å². The van der Waals surface area contributed by atoms with E-state index in [1.165, 1.54) is 0 Å². The van der Waals surface area contributed by atoms with Crippen LogP contribution in [0.1, 0.15) is 13.3 Å². The molecule has 1 atom stereocenters. The predicted octanol–water partition coefficient (Wildman–Crippen LogP) is 3.34. The maximum Gasteiger partial charge on any atom is 0.301 e. The van der Waals surface area contributed by atoms with E-state index in [4.69, 9.17) is 0 Å². The third kappa shape index (κ3) is 3.77. The van der Waals surface area contributed by atoms with Crippen LogP contribution >= 0.6 is 0 Å². The van der Waals surface area contributed by atoms with Crippen LogP contribution in [-0.2, 0) is 9.59 Å². The van der Waals surface area contributed by atoms with Crippen molar-refractivity contribution in [3.63, 3.8) is 0 Å². The van der Waals surface area contributed by atoms with E-state index in [1.54, 1.807) is 71.6 Å². The first kappa shape index (κ1) is 20.3. The average Bonchev–Trinajstić information content (AvgIpc) is 2.86. The minimum atomic E-state index is -0.452. The maximum atomic E-state index is 13.3. The van der Waals surface area contributed by atoms with Gasteiger partial charge < -0.3 is 15.1 Å². The predicted molar refractivity (Wildman–Crippen MR) is 118 cm³/mol. The number of fused-ring (bicyclic) bond motifs is 2. The Morgan fingerprint density at radius 3 is 2.81 bits per heavy atom. The summed E-state index contributed by atoms with van der Waals surface area (Å²) in [6.07, 6.45) is 1.73. The highest BCUT2D eigenvalue weighted by atomic mass is 16.6. The van der Waals surface area contributed by atoms with E-state index in [2.05, 4.69) is 10.3 Å². The van der Waals surface area contributed by atoms with E-state index in [1.807, 2.05) is 6.92 Å². The standard InChI is InChI=1S/C22H21N5O4/c1-14-12-20(28)24-17-7-3-4-8-18(17)26(14)21(29)13-25(2)19-10-9-16-15(6-5-11-23-16)22(19)27(30)31/h3-11,14H,12-13H2,1-2H3,(H,24,28). The fourth-order valence-electron chi connectivity index (χ4n) is 3.96. The number of nitrogens with one attached hydrogen (secondary N) is 1. The summed E-state index contributed by atoms with van der Waals surface area (Å²) in [5.41, 5.74) is 1.91. The fraction of sp³-hybridized carbons (Fsp3) is 0.227. The molecule has 0 saturated carbocycles. The van der Waals surface area contributed by atoms with E-state index in [-0.39, 0.29) is 36.5 Å². The van der Waals surface area contributed by atoms with Gasteiger partial charge in [0, 0.05) is 25.7 Å². The van der Waals surface area contributed by atoms with Gasteiger partial charge in [0.2, 0.25) is 11.8 Å². The third-order valence-electron chi connectivity index (χ3n) is 5.33. The molecule has 0 bridgehead atoms. The van der Waals surface area contributed by atoms with Gasteiger partial charge in [0.25, 0.3) is 0 Å². The van der Waals surface area contributed by atoms with Crippen LogP contribution in [0.25, 0.3) is 10.9 Å². The molecule has 1 N–H and O–H groups in total. The number of benzene rings is 2. The monoisotopic (exact) mass is 419 g/mol. The first-order valence-electron chi connectivity index (χ1n) is 9.81. The second-order valence-electron chi connectivity index (χ2n) is 7.50. The van der Waals surface area contributed by atoms with Crippen LogP contribution in [0, 0.1) is 10.1 Å². The van der Waals surface area contributed by atoms with Crippen molar-refractivity contribution < 1.29 is 14.5 Å². The number of rotatable bonds is 4. The largest absolute Gasteiger partial charge is 0.360 e. The Bertz CT molecular complexity index is 1200. The van der Waals surface area contributed by atoms with Crippen LogP contribution in [0.3, 0.4) is 0 Å². The van der Waals surface area contributed by atoms with Crippen molar-refractivity contribution in [2.45, 2.75) is 19.4 Å². The van der Waals surface area contributed by atoms with Crippen molar-refractivity contribution in [1.82, 2.24) is 4.98 Å². The van der Waals surface area contributed by atoms with E-state index >= 15 is 0 Å². The number of amides is 2. The molecule has 1 aromatic heterocycles. The SMILES string of the molecule is CC1CC(=O)Nc2ccccc2N1C(=O)CN(C)c1ccc2ncccc2c1[N+](=O)[O-]. The molecule has 2 amide bonds. The van der Waals surface area contributed by atoms with Crippen LogP contribution < -0.4 is 15.1 Å². The smallest absolute Gasteiger partial charge is 0.301 e. The van der Waals surface area contributed by atoms with Gasteiger partial charge in [0.1, 0.15) is 5.69 Å². The summed E-state index contributed by atoms with van der Waals surface area (Å²) in [6.45, 7) is 1.71. The number of carbonyl (C=O) groups excluding carboxylic acids is 2. The number of para-hydroxylation sites is 2. The molecular weight excluding hydrogens is 398 g/mol. The summed E-state index contributed by atoms with van der Waals surface area (Å²) in [6, 6.07) is 13.3. The number of hydrogen-bond donors (Lipinski definition) is 1. The number of pyridine rings is 1. The molecule has 158 valence electrons. The minimum absolute atomic E-state index is 0.0953. The summed E-state index contributed by atoms with van der Waals surface area (Å²) < 4.78 is 0. The average molecular weight is 419 g/mol. The second kappa shape index (κ2) is 8.02. The maximum absolute atomic E-state index is 13.3. The highest BCUT2D eigenvalue weighted by Crippen LogP contribution is 2.35. The Morgan fingerprint density at radius 1 is 1.26 bits per heavy atom. The van der Waals surface area contributed by atoms with Crippen LogP contribution in [0.2, 0.25) is 0 Å². The zero-order valence-electron chi connectivity index (χ0n) is 17.1. The number of aromatic nitrogens is 1. The zero-order chi connectivity index (χ0) is 22.1. The Balaban J connectivity index is 1.69. The number of carbonyl (C=O) groups is 2. The Morgan fingerprint density at radius 2 is 2.03 bits per heavy atom. The number of nitro benzene ring substituents is 1. The molecule has 2 heterocycles. The first-order chi connectivity index (χ1) is 14.9. The fourth-order valence-corrected chi connectivity index (χ4v) is 3.96. The molecule has 2 aromatic carbocycles. The molecule has 1 aliphatic rings. The lowest BCUT2D eigenvalue weighted by molar-refractivity contribution is -0.382. The number of hydrogen-bond acceptors (Lipinski definition) is 6. The lowest BCUT2D eigenvalue weighted by Crippen LogP contribution is -2.44. The quantitative estimate of drug-likeness (QED) is 0.513. The Labute approximate surface area is 178 Å². The number of likely N-dealkylation sites (N-methyl/N-ethyl adjacent to an activating group) is 1. The Hall–Kier alpha value is -4.01. The van der Waals surface area contributed by atoms with Crippen LogP contribution in [0.15, 0.2) is 54.7 Å². The van der Waals surface area contributed by atoms with Gasteiger partial charge >= 0.3 is 5.69 Å². The summed E-state index contributed by atoms with van der Waals surface area (Å²) in [4.78, 5) is 44.2. The van der Waals surface area contributed by atoms with Gasteiger partial charge in [-0.2, -0.15) is 0 Å². The van der Waals surface area contributed by atoms with Gasteiger partial charge in [-0.15, -0.1) is 0 Å². The number of anilines is 3. The molecule has 9 heteroatoms. The van der Waals surface area contributed by atoms with Crippen LogP contribution in [0.5, 0.6) is 0 Å². The lowest BCUT2D eigenvalue weighted by atomic mass is 10.1. The van der Waals surface area contributed by atoms with Crippen LogP contribution in [0.4, 0.5) is 22.7 Å². The van der Waals surface area contributed by atoms with Gasteiger partial charge in [0.15, 0.2) is 0 Å². The molecule has 1 unspecified atom stereocenters. The van der Waals surface area contributed by atoms with Gasteiger partial charge in [-0.1, -0.05) is 12.1 Å². The molecule has 9 nitrogen and oxygen atoms in total. The van der Waals surface area contributed by atoms with Gasteiger partial charge in [-0.25, -0.2) is 0 Å². The van der Waals surface area contributed by atoms with E-state index in [9.17, 15) is 19.7 Å². The molecule has 0 fully saturated rings. The zero-order valence-corrected chi connectivity index (χ0v) is 17.1. The minimum Gasteiger partial charge on any atom is -0.360 e. The highest BCUT2D eigenvalue weighted by molar-refractivity contribution is 6.06. The number of nitro groups is 1. The van der Waals surface area contributed by atoms with Gasteiger partial charge in [-0.05, 0) is 43.3 Å². The Kier molecular flexibility index (Phi) is 5.24. The number of nitrogens with zero attached hydrogens (tertiary/aromatic N) is 4. The molecule has 0 radical (unpaired) electrons. The molecule has 31 heavy (non-hydrogen) atoms. The van der Waals surface area contributed by atoms with E-state index in [0.29, 0.717) is 28.0 Å². The van der Waals surface area contributed by atoms with Gasteiger partial charge in [0.05, 0.1) is 33.7 Å². The topological polar surface area (TPSA) is 109 Å². The van der Waals surface area contributed by atoms with Crippen molar-refractivity contribution in [3.8, 4) is 0 Å². The summed E-state index contributed by atoms with van der Waals surface area (Å²) >= 11 is 0. The third-order valence-corrected chi connectivity index (χ3v) is 5.33. The summed E-state index contributed by atoms with van der Waals surface area (Å²) in [5.74, 6) is -0.430. The molecular formula is C22H21N5O4. The van der Waals surface area contributed by atoms with E-state index in [0.717, 1.165) is 0 Å². The molecule has 4 rings (SSSR count). The van der Waals surface area contributed by atoms with E-state index < -0.39 is 4.92 Å². The first-order valence-corrected chi connectivity index (χ1v) is 9.81.